The van der Waals surface area contributed by atoms with E-state index in [0.29, 0.717) is 11.8 Å². The van der Waals surface area contributed by atoms with Crippen molar-refractivity contribution in [1.29, 1.82) is 0 Å². The van der Waals surface area contributed by atoms with Gasteiger partial charge in [-0.2, -0.15) is 0 Å². The molecule has 0 saturated carbocycles. The van der Waals surface area contributed by atoms with Crippen LogP contribution in [0.5, 0.6) is 0 Å². The average Bonchev–Trinajstić information content (AvgIpc) is 2.11. The van der Waals surface area contributed by atoms with Crippen molar-refractivity contribution >= 4 is 11.4 Å². The quantitative estimate of drug-likeness (QED) is 0.765. The summed E-state index contributed by atoms with van der Waals surface area (Å²) in [6.45, 7) is 8.83. The van der Waals surface area contributed by atoms with Gasteiger partial charge in [-0.25, -0.2) is 0 Å². The van der Waals surface area contributed by atoms with E-state index >= 15 is 0 Å². The van der Waals surface area contributed by atoms with Gasteiger partial charge in [0, 0.05) is 11.4 Å². The van der Waals surface area contributed by atoms with Crippen molar-refractivity contribution < 1.29 is 0 Å². The van der Waals surface area contributed by atoms with Gasteiger partial charge in [0.05, 0.1) is 0 Å². The molecule has 4 N–H and O–H groups in total. The summed E-state index contributed by atoms with van der Waals surface area (Å²) in [5, 5.41) is 0. The van der Waals surface area contributed by atoms with Gasteiger partial charge in [0.25, 0.3) is 0 Å². The number of hydrogen-bond acceptors (Lipinski definition) is 2. The first-order valence-corrected chi connectivity index (χ1v) is 6.07. The second kappa shape index (κ2) is 5.24. The maximum absolute atomic E-state index is 5.99. The zero-order valence-corrected chi connectivity index (χ0v) is 10.9. The SMILES string of the molecule is CC(C)Cc1cc(CC(C)C)c(N)cc1N. The largest absolute Gasteiger partial charge is 0.398 e. The van der Waals surface area contributed by atoms with E-state index in [2.05, 4.69) is 33.8 Å². The van der Waals surface area contributed by atoms with Crippen molar-refractivity contribution in [3.8, 4) is 0 Å². The molecule has 0 unspecified atom stereocenters. The lowest BCUT2D eigenvalue weighted by Gasteiger charge is -2.14. The minimum Gasteiger partial charge on any atom is -0.398 e. The molecule has 1 rings (SSSR count). The van der Waals surface area contributed by atoms with Gasteiger partial charge in [-0.3, -0.25) is 0 Å². The molecule has 0 heterocycles. The Balaban J connectivity index is 3.01. The minimum atomic E-state index is 0.623. The summed E-state index contributed by atoms with van der Waals surface area (Å²) >= 11 is 0. The Bertz CT molecular complexity index is 323. The maximum Gasteiger partial charge on any atom is 0.0367 e. The summed E-state index contributed by atoms with van der Waals surface area (Å²) in [4.78, 5) is 0. The Morgan fingerprint density at radius 3 is 1.50 bits per heavy atom. The van der Waals surface area contributed by atoms with E-state index in [1.165, 1.54) is 11.1 Å². The first-order chi connectivity index (χ1) is 7.40. The van der Waals surface area contributed by atoms with Crippen LogP contribution in [0, 0.1) is 11.8 Å². The van der Waals surface area contributed by atoms with Crippen molar-refractivity contribution in [2.24, 2.45) is 11.8 Å². The van der Waals surface area contributed by atoms with Crippen molar-refractivity contribution in [3.63, 3.8) is 0 Å². The summed E-state index contributed by atoms with van der Waals surface area (Å²) in [5.41, 5.74) is 16.1. The normalized spacial score (nSPS) is 11.4. The van der Waals surface area contributed by atoms with E-state index < -0.39 is 0 Å². The van der Waals surface area contributed by atoms with Gasteiger partial charge in [0.1, 0.15) is 0 Å². The third kappa shape index (κ3) is 3.44. The van der Waals surface area contributed by atoms with E-state index in [1.54, 1.807) is 0 Å². The second-order valence-electron chi connectivity index (χ2n) is 5.45. The standard InChI is InChI=1S/C14H24N2/c1-9(2)5-11-7-12(6-10(3)4)14(16)8-13(11)15/h7-10H,5-6,15-16H2,1-4H3. The van der Waals surface area contributed by atoms with Crippen LogP contribution in [0.3, 0.4) is 0 Å². The lowest BCUT2D eigenvalue weighted by molar-refractivity contribution is 0.637. The number of hydrogen-bond donors (Lipinski definition) is 2. The monoisotopic (exact) mass is 220 g/mol. The topological polar surface area (TPSA) is 52.0 Å². The Hall–Kier alpha value is -1.18. The molecule has 0 spiro atoms. The third-order valence-electron chi connectivity index (χ3n) is 2.66. The molecule has 2 heteroatoms. The van der Waals surface area contributed by atoms with Gasteiger partial charge in [0.15, 0.2) is 0 Å². The van der Waals surface area contributed by atoms with Crippen molar-refractivity contribution in [2.45, 2.75) is 40.5 Å². The van der Waals surface area contributed by atoms with E-state index in [0.717, 1.165) is 24.2 Å². The molecular weight excluding hydrogens is 196 g/mol. The molecule has 0 aliphatic rings. The van der Waals surface area contributed by atoms with Gasteiger partial charge < -0.3 is 11.5 Å². The third-order valence-corrected chi connectivity index (χ3v) is 2.66. The van der Waals surface area contributed by atoms with E-state index in [-0.39, 0.29) is 0 Å². The zero-order valence-electron chi connectivity index (χ0n) is 10.9. The van der Waals surface area contributed by atoms with E-state index in [4.69, 9.17) is 11.5 Å². The summed E-state index contributed by atoms with van der Waals surface area (Å²) in [5.74, 6) is 1.25. The van der Waals surface area contributed by atoms with Crippen LogP contribution in [0.4, 0.5) is 11.4 Å². The molecule has 0 amide bonds. The zero-order chi connectivity index (χ0) is 12.3. The van der Waals surface area contributed by atoms with Crippen LogP contribution >= 0.6 is 0 Å². The van der Waals surface area contributed by atoms with Gasteiger partial charge in [0.2, 0.25) is 0 Å². The molecule has 90 valence electrons. The smallest absolute Gasteiger partial charge is 0.0367 e. The minimum absolute atomic E-state index is 0.623. The lowest BCUT2D eigenvalue weighted by Crippen LogP contribution is -2.05. The molecule has 0 saturated heterocycles. The molecule has 2 nitrogen and oxygen atoms in total. The summed E-state index contributed by atoms with van der Waals surface area (Å²) in [6.07, 6.45) is 2.05. The first kappa shape index (κ1) is 12.9. The number of nitrogen functional groups attached to an aromatic ring is 2. The Labute approximate surface area is 99.0 Å². The Morgan fingerprint density at radius 2 is 1.19 bits per heavy atom. The highest BCUT2D eigenvalue weighted by molar-refractivity contribution is 5.61. The van der Waals surface area contributed by atoms with Crippen LogP contribution in [0.1, 0.15) is 38.8 Å². The molecule has 1 aromatic rings. The molecule has 0 radical (unpaired) electrons. The fourth-order valence-electron chi connectivity index (χ4n) is 1.96. The van der Waals surface area contributed by atoms with E-state index in [1.807, 2.05) is 6.07 Å². The average molecular weight is 220 g/mol. The van der Waals surface area contributed by atoms with Gasteiger partial charge in [-0.05, 0) is 41.9 Å². The molecule has 0 aliphatic heterocycles. The highest BCUT2D eigenvalue weighted by Gasteiger charge is 2.08. The van der Waals surface area contributed by atoms with Crippen LogP contribution in [-0.4, -0.2) is 0 Å². The van der Waals surface area contributed by atoms with Gasteiger partial charge >= 0.3 is 0 Å². The summed E-state index contributed by atoms with van der Waals surface area (Å²) in [6, 6.07) is 4.10. The maximum atomic E-state index is 5.99. The molecule has 0 fully saturated rings. The fourth-order valence-corrected chi connectivity index (χ4v) is 1.96. The van der Waals surface area contributed by atoms with Crippen LogP contribution < -0.4 is 11.5 Å². The number of rotatable bonds is 4. The summed E-state index contributed by atoms with van der Waals surface area (Å²) in [7, 11) is 0. The molecule has 1 aromatic carbocycles. The molecular formula is C14H24N2. The molecule has 0 atom stereocenters. The van der Waals surface area contributed by atoms with E-state index in [9.17, 15) is 0 Å². The number of nitrogens with two attached hydrogens (primary N) is 2. The molecule has 0 aliphatic carbocycles. The predicted molar refractivity (Wildman–Crippen MR) is 72.4 cm³/mol. The molecule has 16 heavy (non-hydrogen) atoms. The fraction of sp³-hybridized carbons (Fsp3) is 0.571. The van der Waals surface area contributed by atoms with Crippen molar-refractivity contribution in [3.05, 3.63) is 23.3 Å². The van der Waals surface area contributed by atoms with Crippen LogP contribution in [0.25, 0.3) is 0 Å². The first-order valence-electron chi connectivity index (χ1n) is 6.07. The second-order valence-corrected chi connectivity index (χ2v) is 5.45. The highest BCUT2D eigenvalue weighted by atomic mass is 14.6. The Morgan fingerprint density at radius 1 is 0.812 bits per heavy atom. The molecule has 0 bridgehead atoms. The van der Waals surface area contributed by atoms with Gasteiger partial charge in [-0.15, -0.1) is 0 Å². The van der Waals surface area contributed by atoms with Crippen LogP contribution in [0.15, 0.2) is 12.1 Å². The molecule has 0 aromatic heterocycles. The van der Waals surface area contributed by atoms with Crippen LogP contribution in [-0.2, 0) is 12.8 Å². The Kier molecular flexibility index (Phi) is 4.22. The summed E-state index contributed by atoms with van der Waals surface area (Å²) < 4.78 is 0. The van der Waals surface area contributed by atoms with Crippen molar-refractivity contribution in [1.82, 2.24) is 0 Å². The predicted octanol–water partition coefficient (Wildman–Crippen LogP) is 3.25. The number of anilines is 2. The number of benzene rings is 1. The highest BCUT2D eigenvalue weighted by Crippen LogP contribution is 2.25. The van der Waals surface area contributed by atoms with Crippen LogP contribution in [0.2, 0.25) is 0 Å². The van der Waals surface area contributed by atoms with Crippen molar-refractivity contribution in [2.75, 3.05) is 11.5 Å². The lowest BCUT2D eigenvalue weighted by atomic mass is 9.94. The van der Waals surface area contributed by atoms with Gasteiger partial charge in [-0.1, -0.05) is 33.8 Å².